The van der Waals surface area contributed by atoms with Gasteiger partial charge >= 0.3 is 0 Å². The lowest BCUT2D eigenvalue weighted by Gasteiger charge is -2.20. The molecule has 0 atom stereocenters. The molecule has 2 nitrogen and oxygen atoms in total. The lowest BCUT2D eigenvalue weighted by Crippen LogP contribution is -2.10. The van der Waals surface area contributed by atoms with E-state index in [9.17, 15) is 10.2 Å². The van der Waals surface area contributed by atoms with E-state index in [-0.39, 0.29) is 16.9 Å². The molecule has 3 aromatic rings. The van der Waals surface area contributed by atoms with Crippen LogP contribution in [-0.4, -0.2) is 10.2 Å². The summed E-state index contributed by atoms with van der Waals surface area (Å²) in [6.45, 7) is 8.75. The lowest BCUT2D eigenvalue weighted by molar-refractivity contribution is 0.475. The Morgan fingerprint density at radius 2 is 0.963 bits per heavy atom. The topological polar surface area (TPSA) is 40.5 Å². The lowest BCUT2D eigenvalue weighted by atomic mass is 9.85. The minimum Gasteiger partial charge on any atom is -0.508 e. The maximum absolute atomic E-state index is 9.66. The molecule has 3 rings (SSSR count). The Kier molecular flexibility index (Phi) is 5.09. The fraction of sp³-hybridized carbons (Fsp3) is 0.200. The van der Waals surface area contributed by atoms with E-state index in [2.05, 4.69) is 52.0 Å². The van der Waals surface area contributed by atoms with Crippen molar-refractivity contribution in [3.8, 4) is 11.5 Å². The van der Waals surface area contributed by atoms with E-state index < -0.39 is 0 Å². The predicted molar refractivity (Wildman–Crippen MR) is 113 cm³/mol. The standard InChI is InChI=1S/C25H26O2/c1-17(18-5-11-21(12-6-18)25(2,3)4)24(19-7-13-22(26)14-8-19)20-9-15-23(27)16-10-20/h5-16,26-27H,1-4H3. The molecular weight excluding hydrogens is 332 g/mol. The van der Waals surface area contributed by atoms with Crippen molar-refractivity contribution in [2.75, 3.05) is 0 Å². The van der Waals surface area contributed by atoms with Crippen molar-refractivity contribution in [2.24, 2.45) is 0 Å². The zero-order valence-electron chi connectivity index (χ0n) is 16.3. The van der Waals surface area contributed by atoms with E-state index >= 15 is 0 Å². The van der Waals surface area contributed by atoms with E-state index in [0.29, 0.717) is 0 Å². The predicted octanol–water partition coefficient (Wildman–Crippen LogP) is 6.37. The van der Waals surface area contributed by atoms with Gasteiger partial charge in [0.2, 0.25) is 0 Å². The molecule has 3 aromatic carbocycles. The number of phenols is 2. The quantitative estimate of drug-likeness (QED) is 0.534. The van der Waals surface area contributed by atoms with Gasteiger partial charge in [0.05, 0.1) is 0 Å². The summed E-state index contributed by atoms with van der Waals surface area (Å²) in [7, 11) is 0. The van der Waals surface area contributed by atoms with E-state index in [1.807, 2.05) is 24.3 Å². The molecule has 0 saturated heterocycles. The number of phenolic OH excluding ortho intramolecular Hbond substituents is 2. The van der Waals surface area contributed by atoms with Gasteiger partial charge in [-0.15, -0.1) is 0 Å². The van der Waals surface area contributed by atoms with Crippen molar-refractivity contribution in [3.05, 3.63) is 95.1 Å². The van der Waals surface area contributed by atoms with Gasteiger partial charge in [-0.05, 0) is 70.0 Å². The number of hydrogen-bond acceptors (Lipinski definition) is 2. The Morgan fingerprint density at radius 3 is 1.33 bits per heavy atom. The van der Waals surface area contributed by atoms with E-state index in [1.54, 1.807) is 24.3 Å². The second-order valence-electron chi connectivity index (χ2n) is 7.92. The first-order valence-corrected chi connectivity index (χ1v) is 9.16. The van der Waals surface area contributed by atoms with Gasteiger partial charge in [-0.1, -0.05) is 69.3 Å². The summed E-state index contributed by atoms with van der Waals surface area (Å²) in [5.74, 6) is 0.493. The van der Waals surface area contributed by atoms with Crippen LogP contribution in [0.25, 0.3) is 11.1 Å². The summed E-state index contributed by atoms with van der Waals surface area (Å²) in [4.78, 5) is 0. The van der Waals surface area contributed by atoms with Crippen LogP contribution in [0.4, 0.5) is 0 Å². The summed E-state index contributed by atoms with van der Waals surface area (Å²) in [5.41, 5.74) is 6.85. The van der Waals surface area contributed by atoms with Crippen molar-refractivity contribution in [1.29, 1.82) is 0 Å². The molecular formula is C25H26O2. The zero-order chi connectivity index (χ0) is 19.6. The third-order valence-corrected chi connectivity index (χ3v) is 4.87. The van der Waals surface area contributed by atoms with Crippen LogP contribution in [0, 0.1) is 0 Å². The minimum absolute atomic E-state index is 0.118. The molecule has 0 radical (unpaired) electrons. The number of benzene rings is 3. The van der Waals surface area contributed by atoms with Crippen molar-refractivity contribution in [3.63, 3.8) is 0 Å². The molecule has 0 spiro atoms. The third kappa shape index (κ3) is 4.22. The average molecular weight is 358 g/mol. The summed E-state index contributed by atoms with van der Waals surface area (Å²) in [5, 5.41) is 19.3. The number of rotatable bonds is 3. The fourth-order valence-corrected chi connectivity index (χ4v) is 3.22. The molecule has 2 heteroatoms. The van der Waals surface area contributed by atoms with E-state index in [0.717, 1.165) is 27.8 Å². The molecule has 0 amide bonds. The maximum Gasteiger partial charge on any atom is 0.115 e. The molecule has 2 N–H and O–H groups in total. The van der Waals surface area contributed by atoms with E-state index in [4.69, 9.17) is 0 Å². The van der Waals surface area contributed by atoms with Gasteiger partial charge in [0.1, 0.15) is 11.5 Å². The molecule has 0 aliphatic heterocycles. The zero-order valence-corrected chi connectivity index (χ0v) is 16.3. The van der Waals surface area contributed by atoms with Crippen LogP contribution in [-0.2, 0) is 5.41 Å². The molecule has 0 aliphatic rings. The van der Waals surface area contributed by atoms with Crippen LogP contribution in [0.2, 0.25) is 0 Å². The van der Waals surface area contributed by atoms with Crippen molar-refractivity contribution < 1.29 is 10.2 Å². The molecule has 0 heterocycles. The molecule has 0 fully saturated rings. The number of allylic oxidation sites excluding steroid dienone is 1. The Bertz CT molecular complexity index is 892. The summed E-state index contributed by atoms with van der Waals surface area (Å²) < 4.78 is 0. The summed E-state index contributed by atoms with van der Waals surface area (Å²) >= 11 is 0. The number of hydrogen-bond donors (Lipinski definition) is 2. The number of aromatic hydroxyl groups is 2. The molecule has 0 saturated carbocycles. The van der Waals surface area contributed by atoms with Gasteiger partial charge in [0.15, 0.2) is 0 Å². The monoisotopic (exact) mass is 358 g/mol. The van der Waals surface area contributed by atoms with Gasteiger partial charge in [-0.2, -0.15) is 0 Å². The highest BCUT2D eigenvalue weighted by Gasteiger charge is 2.15. The summed E-state index contributed by atoms with van der Waals surface area (Å²) in [6.07, 6.45) is 0. The minimum atomic E-state index is 0.118. The van der Waals surface area contributed by atoms with Crippen LogP contribution in [0.1, 0.15) is 49.9 Å². The smallest absolute Gasteiger partial charge is 0.115 e. The van der Waals surface area contributed by atoms with Crippen LogP contribution < -0.4 is 0 Å². The van der Waals surface area contributed by atoms with Gasteiger partial charge < -0.3 is 10.2 Å². The first kappa shape index (κ1) is 18.8. The van der Waals surface area contributed by atoms with Gasteiger partial charge in [-0.25, -0.2) is 0 Å². The van der Waals surface area contributed by atoms with Gasteiger partial charge in [-0.3, -0.25) is 0 Å². The Balaban J connectivity index is 2.15. The molecule has 27 heavy (non-hydrogen) atoms. The van der Waals surface area contributed by atoms with Crippen LogP contribution in [0.5, 0.6) is 11.5 Å². The van der Waals surface area contributed by atoms with Crippen molar-refractivity contribution >= 4 is 11.1 Å². The Morgan fingerprint density at radius 1 is 0.593 bits per heavy atom. The van der Waals surface area contributed by atoms with Crippen LogP contribution in [0.3, 0.4) is 0 Å². The first-order valence-electron chi connectivity index (χ1n) is 9.16. The molecule has 138 valence electrons. The molecule has 0 aromatic heterocycles. The highest BCUT2D eigenvalue weighted by atomic mass is 16.3. The largest absolute Gasteiger partial charge is 0.508 e. The third-order valence-electron chi connectivity index (χ3n) is 4.87. The van der Waals surface area contributed by atoms with Crippen molar-refractivity contribution in [2.45, 2.75) is 33.1 Å². The van der Waals surface area contributed by atoms with Crippen LogP contribution >= 0.6 is 0 Å². The Hall–Kier alpha value is -3.00. The normalized spacial score (nSPS) is 11.3. The van der Waals surface area contributed by atoms with Crippen molar-refractivity contribution in [1.82, 2.24) is 0 Å². The second kappa shape index (κ2) is 7.32. The Labute approximate surface area is 161 Å². The van der Waals surface area contributed by atoms with Crippen LogP contribution in [0.15, 0.2) is 72.8 Å². The molecule has 0 bridgehead atoms. The van der Waals surface area contributed by atoms with Gasteiger partial charge in [0.25, 0.3) is 0 Å². The highest BCUT2D eigenvalue weighted by Crippen LogP contribution is 2.34. The first-order chi connectivity index (χ1) is 12.8. The second-order valence-corrected chi connectivity index (χ2v) is 7.92. The van der Waals surface area contributed by atoms with E-state index in [1.165, 1.54) is 5.56 Å². The molecule has 0 unspecified atom stereocenters. The average Bonchev–Trinajstić information content (AvgIpc) is 2.64. The maximum atomic E-state index is 9.66. The molecule has 0 aliphatic carbocycles. The van der Waals surface area contributed by atoms with Gasteiger partial charge in [0, 0.05) is 0 Å². The SMILES string of the molecule is CC(=C(c1ccc(O)cc1)c1ccc(O)cc1)c1ccc(C(C)(C)C)cc1. The fourth-order valence-electron chi connectivity index (χ4n) is 3.22. The summed E-state index contributed by atoms with van der Waals surface area (Å²) in [6, 6.07) is 23.2. The highest BCUT2D eigenvalue weighted by molar-refractivity contribution is 5.98.